The van der Waals surface area contributed by atoms with E-state index >= 15 is 0 Å². The maximum Gasteiger partial charge on any atom is 0.330 e. The van der Waals surface area contributed by atoms with Crippen molar-refractivity contribution in [2.45, 2.75) is 39.3 Å². The highest BCUT2D eigenvalue weighted by molar-refractivity contribution is 5.81. The van der Waals surface area contributed by atoms with Crippen LogP contribution in [0.1, 0.15) is 25.8 Å². The predicted octanol–water partition coefficient (Wildman–Crippen LogP) is 3.11. The molecular formula is C20H30O6. The van der Waals surface area contributed by atoms with Crippen molar-refractivity contribution in [3.63, 3.8) is 0 Å². The van der Waals surface area contributed by atoms with Gasteiger partial charge in [-0.25, -0.2) is 4.79 Å². The Kier molecular flexibility index (Phi) is 12.4. The molecule has 1 atom stereocenters. The Labute approximate surface area is 156 Å². The summed E-state index contributed by atoms with van der Waals surface area (Å²) in [5.41, 5.74) is 1.10. The van der Waals surface area contributed by atoms with Crippen molar-refractivity contribution >= 4 is 5.97 Å². The van der Waals surface area contributed by atoms with Crippen LogP contribution in [0, 0.1) is 0 Å². The first-order valence-corrected chi connectivity index (χ1v) is 8.90. The quantitative estimate of drug-likeness (QED) is 0.286. The molecule has 1 rings (SSSR count). The highest BCUT2D eigenvalue weighted by Gasteiger charge is 2.14. The molecule has 1 aromatic carbocycles. The molecule has 0 radical (unpaired) electrons. The number of hydrogen-bond donors (Lipinski definition) is 0. The van der Waals surface area contributed by atoms with Gasteiger partial charge in [0.25, 0.3) is 0 Å². The van der Waals surface area contributed by atoms with Crippen molar-refractivity contribution in [3.8, 4) is 0 Å². The molecule has 26 heavy (non-hydrogen) atoms. The third-order valence-electron chi connectivity index (χ3n) is 3.44. The van der Waals surface area contributed by atoms with Gasteiger partial charge in [0.1, 0.15) is 0 Å². The number of esters is 1. The minimum atomic E-state index is -0.411. The first-order valence-electron chi connectivity index (χ1n) is 8.90. The number of ether oxygens (including phenoxy) is 5. The summed E-state index contributed by atoms with van der Waals surface area (Å²) in [6.45, 7) is 6.11. The monoisotopic (exact) mass is 366 g/mol. The van der Waals surface area contributed by atoms with Crippen LogP contribution in [-0.4, -0.2) is 51.9 Å². The minimum Gasteiger partial charge on any atom is -0.466 e. The lowest BCUT2D eigenvalue weighted by molar-refractivity contribution is -0.180. The molecule has 0 saturated carbocycles. The summed E-state index contributed by atoms with van der Waals surface area (Å²) in [4.78, 5) is 11.2. The van der Waals surface area contributed by atoms with Crippen LogP contribution in [-0.2, 0) is 35.1 Å². The first kappa shape index (κ1) is 22.3. The van der Waals surface area contributed by atoms with Crippen LogP contribution in [0.2, 0.25) is 0 Å². The number of hydrogen-bond acceptors (Lipinski definition) is 6. The van der Waals surface area contributed by atoms with E-state index in [9.17, 15) is 4.79 Å². The first-order chi connectivity index (χ1) is 12.7. The van der Waals surface area contributed by atoms with E-state index in [4.69, 9.17) is 18.9 Å². The van der Waals surface area contributed by atoms with Gasteiger partial charge in [-0.1, -0.05) is 36.4 Å². The van der Waals surface area contributed by atoms with Gasteiger partial charge >= 0.3 is 5.97 Å². The van der Waals surface area contributed by atoms with Crippen molar-refractivity contribution in [1.29, 1.82) is 0 Å². The standard InChI is InChI=1S/C20H30O6/c1-4-24-20(25-5-2)16-26-18(12-9-13-19(21)22-3)15-23-14-17-10-7-6-8-11-17/h6-11,13,18,20H,4-5,12,14-16H2,1-3H3/t18-/m1/s1. The van der Waals surface area contributed by atoms with E-state index in [2.05, 4.69) is 4.74 Å². The minimum absolute atomic E-state index is 0.219. The summed E-state index contributed by atoms with van der Waals surface area (Å²) in [6.07, 6.45) is 3.00. The Bertz CT molecular complexity index is 496. The fourth-order valence-electron chi connectivity index (χ4n) is 2.18. The van der Waals surface area contributed by atoms with E-state index in [1.165, 1.54) is 13.2 Å². The SMILES string of the molecule is CCOC(CO[C@H](CC=CC(=O)OC)COCc1ccccc1)OCC. The highest BCUT2D eigenvalue weighted by Crippen LogP contribution is 2.08. The maximum atomic E-state index is 11.2. The molecule has 0 unspecified atom stereocenters. The zero-order valence-corrected chi connectivity index (χ0v) is 15.9. The molecule has 0 saturated heterocycles. The average molecular weight is 366 g/mol. The van der Waals surface area contributed by atoms with Gasteiger partial charge in [-0.15, -0.1) is 0 Å². The van der Waals surface area contributed by atoms with Gasteiger partial charge in [0.2, 0.25) is 0 Å². The van der Waals surface area contributed by atoms with Crippen molar-refractivity contribution in [3.05, 3.63) is 48.0 Å². The lowest BCUT2D eigenvalue weighted by atomic mass is 10.2. The maximum absolute atomic E-state index is 11.2. The van der Waals surface area contributed by atoms with Crippen LogP contribution in [0.15, 0.2) is 42.5 Å². The van der Waals surface area contributed by atoms with Gasteiger partial charge in [0, 0.05) is 19.3 Å². The van der Waals surface area contributed by atoms with Crippen LogP contribution >= 0.6 is 0 Å². The van der Waals surface area contributed by atoms with Crippen LogP contribution in [0.25, 0.3) is 0 Å². The molecule has 0 aliphatic rings. The fourth-order valence-corrected chi connectivity index (χ4v) is 2.18. The molecule has 6 nitrogen and oxygen atoms in total. The van der Waals surface area contributed by atoms with Gasteiger partial charge in [-0.05, 0) is 25.8 Å². The zero-order valence-electron chi connectivity index (χ0n) is 15.9. The van der Waals surface area contributed by atoms with Crippen LogP contribution < -0.4 is 0 Å². The third-order valence-corrected chi connectivity index (χ3v) is 3.44. The van der Waals surface area contributed by atoms with Crippen LogP contribution in [0.4, 0.5) is 0 Å². The molecule has 0 N–H and O–H groups in total. The topological polar surface area (TPSA) is 63.2 Å². The Morgan fingerprint density at radius 3 is 2.35 bits per heavy atom. The second-order valence-electron chi connectivity index (χ2n) is 5.46. The second-order valence-corrected chi connectivity index (χ2v) is 5.46. The van der Waals surface area contributed by atoms with E-state index in [0.717, 1.165) is 5.56 Å². The number of carbonyl (C=O) groups is 1. The molecule has 0 amide bonds. The summed E-state index contributed by atoms with van der Waals surface area (Å²) in [6, 6.07) is 9.93. The number of methoxy groups -OCH3 is 1. The molecular weight excluding hydrogens is 336 g/mol. The fraction of sp³-hybridized carbons (Fsp3) is 0.550. The third kappa shape index (κ3) is 10.3. The summed E-state index contributed by atoms with van der Waals surface area (Å²) in [5.74, 6) is -0.393. The average Bonchev–Trinajstić information content (AvgIpc) is 2.66. The van der Waals surface area contributed by atoms with Gasteiger partial charge in [-0.3, -0.25) is 0 Å². The van der Waals surface area contributed by atoms with Crippen molar-refractivity contribution in [2.24, 2.45) is 0 Å². The van der Waals surface area contributed by atoms with Gasteiger partial charge in [0.15, 0.2) is 6.29 Å². The molecule has 0 heterocycles. The van der Waals surface area contributed by atoms with Crippen LogP contribution in [0.5, 0.6) is 0 Å². The number of benzene rings is 1. The molecule has 0 aliphatic heterocycles. The number of carbonyl (C=O) groups excluding carboxylic acids is 1. The highest BCUT2D eigenvalue weighted by atomic mass is 16.7. The summed E-state index contributed by atoms with van der Waals surface area (Å²) < 4.78 is 27.2. The molecule has 146 valence electrons. The van der Waals surface area contributed by atoms with Crippen molar-refractivity contribution in [1.82, 2.24) is 0 Å². The van der Waals surface area contributed by atoms with Crippen molar-refractivity contribution in [2.75, 3.05) is 33.5 Å². The Balaban J connectivity index is 2.50. The van der Waals surface area contributed by atoms with E-state index in [1.807, 2.05) is 44.2 Å². The van der Waals surface area contributed by atoms with Gasteiger partial charge in [0.05, 0.1) is 33.0 Å². The summed E-state index contributed by atoms with van der Waals surface area (Å²) >= 11 is 0. The smallest absolute Gasteiger partial charge is 0.330 e. The van der Waals surface area contributed by atoms with Gasteiger partial charge < -0.3 is 23.7 Å². The predicted molar refractivity (Wildman–Crippen MR) is 98.7 cm³/mol. The Morgan fingerprint density at radius 2 is 1.73 bits per heavy atom. The molecule has 0 spiro atoms. The normalized spacial score (nSPS) is 12.6. The summed E-state index contributed by atoms with van der Waals surface area (Å²) in [5, 5.41) is 0. The molecule has 6 heteroatoms. The molecule has 0 aliphatic carbocycles. The molecule has 1 aromatic rings. The van der Waals surface area contributed by atoms with Crippen molar-refractivity contribution < 1.29 is 28.5 Å². The Morgan fingerprint density at radius 1 is 1.04 bits per heavy atom. The molecule has 0 aromatic heterocycles. The van der Waals surface area contributed by atoms with E-state index in [-0.39, 0.29) is 6.10 Å². The largest absolute Gasteiger partial charge is 0.466 e. The molecule has 0 fully saturated rings. The van der Waals surface area contributed by atoms with Gasteiger partial charge in [-0.2, -0.15) is 0 Å². The number of rotatable bonds is 14. The van der Waals surface area contributed by atoms with E-state index in [1.54, 1.807) is 6.08 Å². The lowest BCUT2D eigenvalue weighted by Crippen LogP contribution is -2.29. The second kappa shape index (κ2) is 14.4. The Hall–Kier alpha value is -1.73. The van der Waals surface area contributed by atoms with E-state index < -0.39 is 12.3 Å². The zero-order chi connectivity index (χ0) is 19.0. The van der Waals surface area contributed by atoms with Crippen LogP contribution in [0.3, 0.4) is 0 Å². The lowest BCUT2D eigenvalue weighted by Gasteiger charge is -2.21. The summed E-state index contributed by atoms with van der Waals surface area (Å²) in [7, 11) is 1.35. The molecule has 0 bridgehead atoms. The van der Waals surface area contributed by atoms with E-state index in [0.29, 0.717) is 39.5 Å².